The van der Waals surface area contributed by atoms with Crippen LogP contribution in [0.15, 0.2) is 48.6 Å². The molecule has 0 bridgehead atoms. The molecule has 160 valence electrons. The van der Waals surface area contributed by atoms with E-state index in [-0.39, 0.29) is 0 Å². The first-order valence-electron chi connectivity index (χ1n) is 10.3. The van der Waals surface area contributed by atoms with Gasteiger partial charge in [-0.1, -0.05) is 36.2 Å². The molecule has 0 saturated heterocycles. The Labute approximate surface area is 203 Å². The number of fused-ring (bicyclic) bond motifs is 3. The Bertz CT molecular complexity index is 729. The second-order valence-electron chi connectivity index (χ2n) is 8.37. The molecular formula is C28H36SiZr-4. The van der Waals surface area contributed by atoms with E-state index in [1.165, 1.54) is 68.6 Å². The molecule has 0 aromatic heterocycles. The zero-order chi connectivity index (χ0) is 23.1. The van der Waals surface area contributed by atoms with Crippen LogP contribution >= 0.6 is 0 Å². The van der Waals surface area contributed by atoms with E-state index in [0.29, 0.717) is 0 Å². The number of aryl methyl sites for hydroxylation is 2. The van der Waals surface area contributed by atoms with Crippen molar-refractivity contribution in [3.05, 3.63) is 94.8 Å². The van der Waals surface area contributed by atoms with Crippen molar-refractivity contribution in [1.29, 1.82) is 0 Å². The molecular weight excluding hydrogens is 456 g/mol. The third kappa shape index (κ3) is 12.7. The third-order valence-electron chi connectivity index (χ3n) is 3.68. The molecule has 4 rings (SSSR count). The summed E-state index contributed by atoms with van der Waals surface area (Å²) in [6, 6.07) is 14.5. The molecule has 2 aromatic rings. The minimum absolute atomic E-state index is 1.01. The van der Waals surface area contributed by atoms with Gasteiger partial charge >= 0.3 is 30.2 Å². The molecule has 2 aromatic carbocycles. The maximum atomic E-state index is 3.45. The molecule has 0 aliphatic heterocycles. The number of hydrogen-bond acceptors (Lipinski definition) is 0. The molecule has 0 N–H and O–H groups in total. The van der Waals surface area contributed by atoms with E-state index in [4.69, 9.17) is 0 Å². The molecule has 2 aliphatic carbocycles. The Kier molecular flexibility index (Phi) is 16.1. The van der Waals surface area contributed by atoms with E-state index < -0.39 is 0 Å². The van der Waals surface area contributed by atoms with Gasteiger partial charge in [0, 0.05) is 0 Å². The van der Waals surface area contributed by atoms with Gasteiger partial charge in [-0.25, -0.2) is 12.2 Å². The molecule has 30 heavy (non-hydrogen) atoms. The summed E-state index contributed by atoms with van der Waals surface area (Å²) in [5, 5.41) is 0. The fourth-order valence-corrected chi connectivity index (χ4v) is 2.71. The minimum atomic E-state index is 1.01. The van der Waals surface area contributed by atoms with Crippen LogP contribution in [0.5, 0.6) is 0 Å². The van der Waals surface area contributed by atoms with E-state index in [1.807, 2.05) is 12.2 Å². The molecule has 0 saturated carbocycles. The number of rotatable bonds is 0. The van der Waals surface area contributed by atoms with E-state index in [0.717, 1.165) is 12.8 Å². The average Bonchev–Trinajstić information content (AvgIpc) is 3.33. The second kappa shape index (κ2) is 16.7. The summed E-state index contributed by atoms with van der Waals surface area (Å²) in [6.07, 6.45) is 11.0. The predicted molar refractivity (Wildman–Crippen MR) is 131 cm³/mol. The van der Waals surface area contributed by atoms with Crippen LogP contribution in [0.3, 0.4) is 0 Å². The predicted octanol–water partition coefficient (Wildman–Crippen LogP) is 7.84. The van der Waals surface area contributed by atoms with Gasteiger partial charge in [0.15, 0.2) is 0 Å². The molecule has 0 heterocycles. The SMILES string of the molecule is C[C-](C)C.C[C-](C)C.Cc1[c-]c2c(cc1)-c1ccc(C)cc1C2.[C-]1=CC=CC1.[Si]=[Zr]. The summed E-state index contributed by atoms with van der Waals surface area (Å²) >= 11 is 1.36. The van der Waals surface area contributed by atoms with Crippen molar-refractivity contribution in [2.45, 2.75) is 68.2 Å². The maximum absolute atomic E-state index is 3.45. The van der Waals surface area contributed by atoms with Crippen LogP contribution in [0.2, 0.25) is 0 Å². The quantitative estimate of drug-likeness (QED) is 0.222. The molecule has 0 atom stereocenters. The summed E-state index contributed by atoms with van der Waals surface area (Å²) < 4.78 is 0. The molecule has 2 radical (unpaired) electrons. The fraction of sp³-hybridized carbons (Fsp3) is 0.357. The van der Waals surface area contributed by atoms with Gasteiger partial charge in [-0.2, -0.15) is 71.4 Å². The van der Waals surface area contributed by atoms with Crippen LogP contribution in [0.25, 0.3) is 11.1 Å². The van der Waals surface area contributed by atoms with Crippen LogP contribution < -0.4 is 0 Å². The zero-order valence-corrected chi connectivity index (χ0v) is 23.5. The number of allylic oxidation sites excluding steroid dienone is 4. The molecule has 0 nitrogen and oxygen atoms in total. The first-order valence-corrected chi connectivity index (χ1v) is 14.5. The van der Waals surface area contributed by atoms with Crippen LogP contribution in [-0.4, -0.2) is 6.88 Å². The van der Waals surface area contributed by atoms with Gasteiger partial charge in [0.1, 0.15) is 0 Å². The van der Waals surface area contributed by atoms with Gasteiger partial charge in [0.05, 0.1) is 0 Å². The number of benzene rings is 2. The fourth-order valence-electron chi connectivity index (χ4n) is 2.71. The Morgan fingerprint density at radius 1 is 0.867 bits per heavy atom. The normalized spacial score (nSPS) is 11.6. The molecule has 2 aliphatic rings. The Hall–Kier alpha value is -0.980. The molecule has 0 spiro atoms. The first-order chi connectivity index (χ1) is 14.2. The van der Waals surface area contributed by atoms with Gasteiger partial charge in [-0.05, 0) is 18.9 Å². The Balaban J connectivity index is 0.000000464. The van der Waals surface area contributed by atoms with Crippen molar-refractivity contribution in [3.8, 4) is 11.1 Å². The van der Waals surface area contributed by atoms with Gasteiger partial charge in [-0.3, -0.25) is 6.08 Å². The summed E-state index contributed by atoms with van der Waals surface area (Å²) in [5.41, 5.74) is 8.15. The van der Waals surface area contributed by atoms with Crippen molar-refractivity contribution >= 4 is 6.88 Å². The summed E-state index contributed by atoms with van der Waals surface area (Å²) in [4.78, 5) is 0. The average molecular weight is 492 g/mol. The van der Waals surface area contributed by atoms with E-state index in [2.05, 4.69) is 111 Å². The van der Waals surface area contributed by atoms with E-state index in [9.17, 15) is 0 Å². The molecule has 0 fully saturated rings. The molecule has 2 heteroatoms. The van der Waals surface area contributed by atoms with Crippen molar-refractivity contribution in [1.82, 2.24) is 0 Å². The summed E-state index contributed by atoms with van der Waals surface area (Å²) in [5.74, 6) is 2.83. The van der Waals surface area contributed by atoms with Crippen LogP contribution in [0, 0.1) is 37.8 Å². The van der Waals surface area contributed by atoms with Gasteiger partial charge in [0.2, 0.25) is 0 Å². The Morgan fingerprint density at radius 3 is 1.90 bits per heavy atom. The standard InChI is InChI=1S/C15H13.C5H5.2C4H9.Si.Zr/c1-10-3-5-14-12(7-10)9-13-8-11(2)4-6-15(13)14;1-2-4-5-3-1;2*1-4(2)3;;/h3-7H,9H2,1-2H3;1-3H,4H2;2*1-3H3;;/q4*-1;;. The topological polar surface area (TPSA) is 0 Å². The van der Waals surface area contributed by atoms with Crippen LogP contribution in [-0.2, 0) is 29.8 Å². The van der Waals surface area contributed by atoms with Gasteiger partial charge in [0.25, 0.3) is 0 Å². The van der Waals surface area contributed by atoms with E-state index in [1.54, 1.807) is 0 Å². The summed E-state index contributed by atoms with van der Waals surface area (Å²) in [7, 11) is 0. The van der Waals surface area contributed by atoms with Gasteiger partial charge in [-0.15, -0.1) is 17.5 Å². The van der Waals surface area contributed by atoms with Crippen molar-refractivity contribution in [3.63, 3.8) is 0 Å². The van der Waals surface area contributed by atoms with Crippen molar-refractivity contribution in [2.24, 2.45) is 0 Å². The van der Waals surface area contributed by atoms with Crippen molar-refractivity contribution in [2.75, 3.05) is 0 Å². The second-order valence-corrected chi connectivity index (χ2v) is 8.37. The third-order valence-corrected chi connectivity index (χ3v) is 3.68. The molecule has 0 unspecified atom stereocenters. The van der Waals surface area contributed by atoms with E-state index >= 15 is 0 Å². The zero-order valence-electron chi connectivity index (χ0n) is 20.0. The van der Waals surface area contributed by atoms with Crippen molar-refractivity contribution < 1.29 is 23.3 Å². The van der Waals surface area contributed by atoms with Crippen LogP contribution in [0.4, 0.5) is 0 Å². The Morgan fingerprint density at radius 2 is 1.43 bits per heavy atom. The van der Waals surface area contributed by atoms with Crippen LogP contribution in [0.1, 0.15) is 70.2 Å². The summed E-state index contributed by atoms with van der Waals surface area (Å²) in [6.45, 7) is 19.8. The first kappa shape index (κ1) is 29.0. The van der Waals surface area contributed by atoms with Gasteiger partial charge < -0.3 is 11.8 Å². The molecule has 0 amide bonds. The monoisotopic (exact) mass is 490 g/mol. The number of hydrogen-bond donors (Lipinski definition) is 0.